The van der Waals surface area contributed by atoms with Gasteiger partial charge in [0.05, 0.1) is 31.1 Å². The summed E-state index contributed by atoms with van der Waals surface area (Å²) < 4.78 is 5.02. The van der Waals surface area contributed by atoms with Gasteiger partial charge in [-0.3, -0.25) is 0 Å². The summed E-state index contributed by atoms with van der Waals surface area (Å²) in [4.78, 5) is 4.11. The van der Waals surface area contributed by atoms with Crippen molar-refractivity contribution in [1.29, 1.82) is 0 Å². The normalized spacial score (nSPS) is 17.0. The van der Waals surface area contributed by atoms with E-state index in [0.717, 1.165) is 19.0 Å². The van der Waals surface area contributed by atoms with Gasteiger partial charge in [0.25, 0.3) is 0 Å². The van der Waals surface area contributed by atoms with E-state index < -0.39 is 0 Å². The van der Waals surface area contributed by atoms with E-state index in [1.165, 1.54) is 0 Å². The molecule has 0 amide bonds. The maximum atomic E-state index is 5.49. The van der Waals surface area contributed by atoms with E-state index in [9.17, 15) is 0 Å². The van der Waals surface area contributed by atoms with Gasteiger partial charge < -0.3 is 15.8 Å². The Balaban J connectivity index is 1.98. The Bertz CT molecular complexity index is 256. The predicted octanol–water partition coefficient (Wildman–Crippen LogP) is 0.474. The van der Waals surface area contributed by atoms with Gasteiger partial charge in [-0.15, -0.1) is 0 Å². The van der Waals surface area contributed by atoms with Crippen LogP contribution in [-0.2, 0) is 4.74 Å². The SMILES string of the molecule is Nc1ccc(NC2COC2)nc1. The highest BCUT2D eigenvalue weighted by Crippen LogP contribution is 2.10. The molecule has 0 saturated carbocycles. The minimum atomic E-state index is 0.418. The Hall–Kier alpha value is -1.29. The molecule has 1 fully saturated rings. The van der Waals surface area contributed by atoms with Crippen LogP contribution in [0.25, 0.3) is 0 Å². The first-order valence-electron chi connectivity index (χ1n) is 3.90. The smallest absolute Gasteiger partial charge is 0.126 e. The van der Waals surface area contributed by atoms with E-state index >= 15 is 0 Å². The molecule has 1 aliphatic heterocycles. The molecule has 4 nitrogen and oxygen atoms in total. The Morgan fingerprint density at radius 1 is 1.50 bits per heavy atom. The fourth-order valence-electron chi connectivity index (χ4n) is 1.02. The predicted molar refractivity (Wildman–Crippen MR) is 46.9 cm³/mol. The van der Waals surface area contributed by atoms with Crippen molar-refractivity contribution in [2.45, 2.75) is 6.04 Å². The highest BCUT2D eigenvalue weighted by molar-refractivity contribution is 5.44. The van der Waals surface area contributed by atoms with Gasteiger partial charge in [-0.1, -0.05) is 0 Å². The van der Waals surface area contributed by atoms with Gasteiger partial charge in [0.2, 0.25) is 0 Å². The van der Waals surface area contributed by atoms with Crippen LogP contribution in [0.3, 0.4) is 0 Å². The summed E-state index contributed by atoms with van der Waals surface area (Å²) >= 11 is 0. The third kappa shape index (κ3) is 1.48. The number of nitrogens with zero attached hydrogens (tertiary/aromatic N) is 1. The van der Waals surface area contributed by atoms with Crippen molar-refractivity contribution < 1.29 is 4.74 Å². The zero-order valence-electron chi connectivity index (χ0n) is 6.66. The fourth-order valence-corrected chi connectivity index (χ4v) is 1.02. The van der Waals surface area contributed by atoms with Crippen molar-refractivity contribution in [1.82, 2.24) is 4.98 Å². The Morgan fingerprint density at radius 2 is 2.33 bits per heavy atom. The van der Waals surface area contributed by atoms with Crippen molar-refractivity contribution in [3.8, 4) is 0 Å². The van der Waals surface area contributed by atoms with Gasteiger partial charge in [-0.25, -0.2) is 4.98 Å². The number of nitrogen functional groups attached to an aromatic ring is 1. The second-order valence-corrected chi connectivity index (χ2v) is 2.86. The molecule has 1 aromatic rings. The molecule has 0 bridgehead atoms. The van der Waals surface area contributed by atoms with Crippen molar-refractivity contribution in [3.63, 3.8) is 0 Å². The molecule has 2 rings (SSSR count). The number of nitrogens with one attached hydrogen (secondary N) is 1. The zero-order chi connectivity index (χ0) is 8.39. The molecule has 2 heterocycles. The third-order valence-corrected chi connectivity index (χ3v) is 1.78. The van der Waals surface area contributed by atoms with E-state index in [-0.39, 0.29) is 0 Å². The van der Waals surface area contributed by atoms with Crippen LogP contribution >= 0.6 is 0 Å². The molecular weight excluding hydrogens is 154 g/mol. The van der Waals surface area contributed by atoms with Crippen molar-refractivity contribution in [3.05, 3.63) is 18.3 Å². The average Bonchev–Trinajstić information content (AvgIpc) is 2.00. The van der Waals surface area contributed by atoms with Gasteiger partial charge in [-0.05, 0) is 12.1 Å². The quantitative estimate of drug-likeness (QED) is 0.669. The summed E-state index contributed by atoms with van der Waals surface area (Å²) in [5.41, 5.74) is 6.17. The second kappa shape index (κ2) is 2.98. The molecule has 0 aliphatic carbocycles. The number of aromatic nitrogens is 1. The van der Waals surface area contributed by atoms with Crippen LogP contribution in [0.1, 0.15) is 0 Å². The van der Waals surface area contributed by atoms with Crippen LogP contribution < -0.4 is 11.1 Å². The molecule has 4 heteroatoms. The first kappa shape index (κ1) is 7.36. The zero-order valence-corrected chi connectivity index (χ0v) is 6.66. The van der Waals surface area contributed by atoms with E-state index in [2.05, 4.69) is 10.3 Å². The largest absolute Gasteiger partial charge is 0.397 e. The number of hydrogen-bond acceptors (Lipinski definition) is 4. The van der Waals surface area contributed by atoms with Crippen LogP contribution in [0.5, 0.6) is 0 Å². The van der Waals surface area contributed by atoms with E-state index in [1.807, 2.05) is 12.1 Å². The first-order chi connectivity index (χ1) is 5.84. The van der Waals surface area contributed by atoms with Crippen molar-refractivity contribution in [2.75, 3.05) is 24.3 Å². The summed E-state index contributed by atoms with van der Waals surface area (Å²) in [6.45, 7) is 1.54. The summed E-state index contributed by atoms with van der Waals surface area (Å²) in [5.74, 6) is 0.859. The van der Waals surface area contributed by atoms with Gasteiger partial charge in [0.1, 0.15) is 5.82 Å². The maximum Gasteiger partial charge on any atom is 0.126 e. The van der Waals surface area contributed by atoms with Crippen LogP contribution in [-0.4, -0.2) is 24.2 Å². The summed E-state index contributed by atoms with van der Waals surface area (Å²) in [5, 5.41) is 3.21. The number of rotatable bonds is 2. The fraction of sp³-hybridized carbons (Fsp3) is 0.375. The van der Waals surface area contributed by atoms with Gasteiger partial charge in [-0.2, -0.15) is 0 Å². The molecule has 3 N–H and O–H groups in total. The minimum absolute atomic E-state index is 0.418. The lowest BCUT2D eigenvalue weighted by atomic mass is 10.2. The van der Waals surface area contributed by atoms with Crippen molar-refractivity contribution >= 4 is 11.5 Å². The molecular formula is C8H11N3O. The molecule has 64 valence electrons. The highest BCUT2D eigenvalue weighted by Gasteiger charge is 2.17. The molecule has 0 atom stereocenters. The molecule has 0 aromatic carbocycles. The molecule has 1 aliphatic rings. The summed E-state index contributed by atoms with van der Waals surface area (Å²) in [6.07, 6.45) is 1.64. The van der Waals surface area contributed by atoms with Crippen LogP contribution in [0, 0.1) is 0 Å². The molecule has 1 saturated heterocycles. The Morgan fingerprint density at radius 3 is 2.83 bits per heavy atom. The Labute approximate surface area is 70.7 Å². The van der Waals surface area contributed by atoms with E-state index in [1.54, 1.807) is 6.20 Å². The summed E-state index contributed by atoms with van der Waals surface area (Å²) in [6, 6.07) is 4.11. The standard InChI is InChI=1S/C8H11N3O/c9-6-1-2-8(10-3-6)11-7-4-12-5-7/h1-3,7H,4-5,9H2,(H,10,11). The van der Waals surface area contributed by atoms with Crippen LogP contribution in [0.4, 0.5) is 11.5 Å². The molecule has 0 radical (unpaired) electrons. The lowest BCUT2D eigenvalue weighted by Gasteiger charge is -2.27. The van der Waals surface area contributed by atoms with Gasteiger partial charge in [0, 0.05) is 0 Å². The molecule has 12 heavy (non-hydrogen) atoms. The lowest BCUT2D eigenvalue weighted by Crippen LogP contribution is -2.40. The van der Waals surface area contributed by atoms with E-state index in [4.69, 9.17) is 10.5 Å². The molecule has 0 unspecified atom stereocenters. The number of hydrogen-bond donors (Lipinski definition) is 2. The Kier molecular flexibility index (Phi) is 1.83. The lowest BCUT2D eigenvalue weighted by molar-refractivity contribution is 0.0209. The monoisotopic (exact) mass is 165 g/mol. The molecule has 1 aromatic heterocycles. The van der Waals surface area contributed by atoms with Gasteiger partial charge in [0.15, 0.2) is 0 Å². The third-order valence-electron chi connectivity index (χ3n) is 1.78. The van der Waals surface area contributed by atoms with E-state index in [0.29, 0.717) is 11.7 Å². The second-order valence-electron chi connectivity index (χ2n) is 2.86. The number of nitrogens with two attached hydrogens (primary N) is 1. The summed E-state index contributed by atoms with van der Waals surface area (Å²) in [7, 11) is 0. The number of anilines is 2. The maximum absolute atomic E-state index is 5.49. The minimum Gasteiger partial charge on any atom is -0.397 e. The highest BCUT2D eigenvalue weighted by atomic mass is 16.5. The van der Waals surface area contributed by atoms with Crippen molar-refractivity contribution in [2.24, 2.45) is 0 Å². The molecule has 0 spiro atoms. The number of ether oxygens (including phenoxy) is 1. The van der Waals surface area contributed by atoms with Crippen LogP contribution in [0.15, 0.2) is 18.3 Å². The topological polar surface area (TPSA) is 60.2 Å². The first-order valence-corrected chi connectivity index (χ1v) is 3.90. The van der Waals surface area contributed by atoms with Crippen LogP contribution in [0.2, 0.25) is 0 Å². The average molecular weight is 165 g/mol. The number of pyridine rings is 1. The van der Waals surface area contributed by atoms with Gasteiger partial charge >= 0.3 is 0 Å².